The van der Waals surface area contributed by atoms with Crippen molar-refractivity contribution >= 4 is 17.7 Å². The highest BCUT2D eigenvalue weighted by atomic mass is 16.7. The van der Waals surface area contributed by atoms with Crippen molar-refractivity contribution in [2.45, 2.75) is 109 Å². The van der Waals surface area contributed by atoms with E-state index in [-0.39, 0.29) is 43.7 Å². The number of aliphatic hydroxyl groups excluding tert-OH is 2. The Kier molecular flexibility index (Phi) is 5.88. The Hall–Kier alpha value is -2.27. The number of Topliss-reactive ketones (excluding diaryl/α,β-unsaturated/α-hetero) is 1. The van der Waals surface area contributed by atoms with Gasteiger partial charge in [0.15, 0.2) is 0 Å². The van der Waals surface area contributed by atoms with Crippen molar-refractivity contribution in [2.75, 3.05) is 6.61 Å². The molecule has 2 saturated heterocycles. The Balaban J connectivity index is 1.36. The lowest BCUT2D eigenvalue weighted by Gasteiger charge is -2.72. The monoisotopic (exact) mass is 586 g/mol. The Labute approximate surface area is 245 Å². The number of hydrogen-bond acceptors (Lipinski definition) is 10. The minimum Gasteiger partial charge on any atom is -0.472 e. The third-order valence-electron chi connectivity index (χ3n) is 12.8. The molecule has 7 rings (SSSR count). The van der Waals surface area contributed by atoms with Crippen LogP contribution in [0, 0.1) is 39.4 Å². The molecule has 4 saturated carbocycles. The van der Waals surface area contributed by atoms with E-state index in [1.807, 2.05) is 19.9 Å². The number of furan rings is 1. The van der Waals surface area contributed by atoms with E-state index in [2.05, 4.69) is 6.92 Å². The van der Waals surface area contributed by atoms with E-state index < -0.39 is 81.6 Å². The van der Waals surface area contributed by atoms with Crippen LogP contribution in [-0.4, -0.2) is 70.8 Å². The molecule has 6 aliphatic rings. The number of rotatable bonds is 4. The topological polar surface area (TPSA) is 145 Å². The van der Waals surface area contributed by atoms with E-state index in [4.69, 9.17) is 23.4 Å². The van der Waals surface area contributed by atoms with Crippen molar-refractivity contribution in [1.82, 2.24) is 0 Å². The number of fused-ring (bicyclic) bond motifs is 1. The van der Waals surface area contributed by atoms with Gasteiger partial charge in [-0.2, -0.15) is 0 Å². The number of esters is 2. The van der Waals surface area contributed by atoms with Gasteiger partial charge < -0.3 is 33.6 Å². The predicted molar refractivity (Wildman–Crippen MR) is 144 cm³/mol. The Bertz CT molecular complexity index is 1320. The van der Waals surface area contributed by atoms with E-state index >= 15 is 0 Å². The Morgan fingerprint density at radius 1 is 1.07 bits per heavy atom. The summed E-state index contributed by atoms with van der Waals surface area (Å²) in [5.41, 5.74) is -3.57. The quantitative estimate of drug-likeness (QED) is 0.399. The zero-order chi connectivity index (χ0) is 30.2. The lowest BCUT2D eigenvalue weighted by Crippen LogP contribution is -2.80. The van der Waals surface area contributed by atoms with E-state index in [9.17, 15) is 24.6 Å². The molecule has 0 radical (unpaired) electrons. The van der Waals surface area contributed by atoms with Crippen LogP contribution in [0.3, 0.4) is 0 Å². The fourth-order valence-corrected chi connectivity index (χ4v) is 11.1. The van der Waals surface area contributed by atoms with Crippen molar-refractivity contribution in [3.8, 4) is 0 Å². The standard InChI is InChI=1S/C32H42O10/c1-15(2)26(37)41-27-29(5)20-10-21(35)30(6)25(31(20,14-39-27)22(36)11-23(29)40-16(3)33)19(34)12-28(4)18(17-7-8-38-13-17)9-24-32(28,30)42-24/h7-8,13,15,18,20-25,27,35-36H,9-12,14H2,1-6H3/t18?,20?,21?,22?,23?,24-,25?,27?,28?,29+,30-,31+,32-/m1/s1. The first-order valence-corrected chi connectivity index (χ1v) is 15.3. The van der Waals surface area contributed by atoms with Crippen molar-refractivity contribution < 1.29 is 48.0 Å². The number of carbonyl (C=O) groups is 3. The van der Waals surface area contributed by atoms with Gasteiger partial charge in [0.25, 0.3) is 0 Å². The minimum atomic E-state index is -1.12. The second-order valence-corrected chi connectivity index (χ2v) is 14.8. The van der Waals surface area contributed by atoms with Gasteiger partial charge in [0.05, 0.1) is 48.8 Å². The molecule has 10 nitrogen and oxygen atoms in total. The number of epoxide rings is 1. The molecule has 1 aromatic rings. The number of carbonyl (C=O) groups excluding carboxylic acids is 3. The van der Waals surface area contributed by atoms with Crippen LogP contribution in [0.4, 0.5) is 0 Å². The molecular formula is C32H42O10. The summed E-state index contributed by atoms with van der Waals surface area (Å²) in [6.07, 6.45) is 0.474. The summed E-state index contributed by atoms with van der Waals surface area (Å²) in [6.45, 7) is 10.6. The van der Waals surface area contributed by atoms with Crippen molar-refractivity contribution in [3.63, 3.8) is 0 Å². The lowest BCUT2D eigenvalue weighted by atomic mass is 9.33. The summed E-state index contributed by atoms with van der Waals surface area (Å²) < 4.78 is 30.1. The zero-order valence-electron chi connectivity index (χ0n) is 25.1. The number of aliphatic hydroxyl groups is 2. The summed E-state index contributed by atoms with van der Waals surface area (Å²) in [5.74, 6) is -2.75. The van der Waals surface area contributed by atoms with Crippen LogP contribution in [0.1, 0.15) is 78.7 Å². The molecule has 2 bridgehead atoms. The molecule has 8 unspecified atom stereocenters. The molecule has 2 N–H and O–H groups in total. The van der Waals surface area contributed by atoms with Crippen molar-refractivity contribution in [3.05, 3.63) is 24.2 Å². The maximum absolute atomic E-state index is 14.7. The van der Waals surface area contributed by atoms with Crippen LogP contribution in [0.15, 0.2) is 23.0 Å². The van der Waals surface area contributed by atoms with Gasteiger partial charge in [-0.25, -0.2) is 0 Å². The van der Waals surface area contributed by atoms with Gasteiger partial charge in [-0.05, 0) is 43.2 Å². The third kappa shape index (κ3) is 3.07. The number of hydrogen-bond donors (Lipinski definition) is 2. The van der Waals surface area contributed by atoms with Crippen LogP contribution in [-0.2, 0) is 33.3 Å². The summed E-state index contributed by atoms with van der Waals surface area (Å²) in [6, 6.07) is 1.94. The normalized spacial score (nSPS) is 52.1. The molecule has 10 heteroatoms. The van der Waals surface area contributed by atoms with Gasteiger partial charge >= 0.3 is 11.9 Å². The highest BCUT2D eigenvalue weighted by Gasteiger charge is 2.90. The average molecular weight is 587 g/mol. The smallest absolute Gasteiger partial charge is 0.310 e. The van der Waals surface area contributed by atoms with Crippen LogP contribution < -0.4 is 0 Å². The highest BCUT2D eigenvalue weighted by Crippen LogP contribution is 2.82. The van der Waals surface area contributed by atoms with Crippen LogP contribution in [0.5, 0.6) is 0 Å². The van der Waals surface area contributed by atoms with Crippen molar-refractivity contribution in [2.24, 2.45) is 39.4 Å². The largest absolute Gasteiger partial charge is 0.472 e. The fourth-order valence-electron chi connectivity index (χ4n) is 11.1. The van der Waals surface area contributed by atoms with E-state index in [1.165, 1.54) is 6.92 Å². The molecule has 13 atom stereocenters. The molecule has 1 spiro atoms. The summed E-state index contributed by atoms with van der Waals surface area (Å²) in [4.78, 5) is 39.8. The summed E-state index contributed by atoms with van der Waals surface area (Å²) in [7, 11) is 0. The van der Waals surface area contributed by atoms with Crippen LogP contribution in [0.25, 0.3) is 0 Å². The van der Waals surface area contributed by atoms with Crippen molar-refractivity contribution in [1.29, 1.82) is 0 Å². The van der Waals surface area contributed by atoms with Gasteiger partial charge in [0.1, 0.15) is 17.5 Å². The third-order valence-corrected chi connectivity index (χ3v) is 12.8. The van der Waals surface area contributed by atoms with Gasteiger partial charge in [-0.1, -0.05) is 27.7 Å². The molecule has 230 valence electrons. The average Bonchev–Trinajstić information content (AvgIpc) is 3.27. The Morgan fingerprint density at radius 2 is 1.81 bits per heavy atom. The first kappa shape index (κ1) is 28.5. The van der Waals surface area contributed by atoms with Crippen LogP contribution >= 0.6 is 0 Å². The molecule has 6 fully saturated rings. The van der Waals surface area contributed by atoms with Gasteiger partial charge in [0.2, 0.25) is 6.29 Å². The molecule has 0 aromatic carbocycles. The molecule has 4 aliphatic carbocycles. The molecule has 42 heavy (non-hydrogen) atoms. The minimum absolute atomic E-state index is 0.0245. The first-order valence-electron chi connectivity index (χ1n) is 15.3. The molecule has 0 amide bonds. The summed E-state index contributed by atoms with van der Waals surface area (Å²) in [5, 5.41) is 24.3. The SMILES string of the molecule is CC(=O)OC1CC(O)[C@]23COC(OC(=O)C(C)C)[C@@]1(C)C2CC(O)[C@]1(C)C3C(=O)CC2(C)C(c3ccoc3)C[C@H]3O[C@]321. The molecule has 3 heterocycles. The lowest BCUT2D eigenvalue weighted by molar-refractivity contribution is -0.372. The summed E-state index contributed by atoms with van der Waals surface area (Å²) >= 11 is 0. The van der Waals surface area contributed by atoms with E-state index in [0.717, 1.165) is 5.56 Å². The number of ether oxygens (including phenoxy) is 4. The second-order valence-electron chi connectivity index (χ2n) is 14.8. The van der Waals surface area contributed by atoms with Gasteiger partial charge in [0, 0.05) is 41.9 Å². The fraction of sp³-hybridized carbons (Fsp3) is 0.781. The number of ketones is 1. The Morgan fingerprint density at radius 3 is 2.45 bits per heavy atom. The highest BCUT2D eigenvalue weighted by molar-refractivity contribution is 5.87. The molecule has 1 aromatic heterocycles. The van der Waals surface area contributed by atoms with Gasteiger partial charge in [-0.15, -0.1) is 0 Å². The van der Waals surface area contributed by atoms with Crippen LogP contribution in [0.2, 0.25) is 0 Å². The zero-order valence-corrected chi connectivity index (χ0v) is 25.1. The molecule has 2 aliphatic heterocycles. The van der Waals surface area contributed by atoms with E-state index in [1.54, 1.807) is 26.4 Å². The molecular weight excluding hydrogens is 544 g/mol. The van der Waals surface area contributed by atoms with Gasteiger partial charge in [-0.3, -0.25) is 14.4 Å². The maximum atomic E-state index is 14.7. The van der Waals surface area contributed by atoms with E-state index in [0.29, 0.717) is 6.42 Å². The second kappa shape index (κ2) is 8.67. The predicted octanol–water partition coefficient (Wildman–Crippen LogP) is 3.13. The maximum Gasteiger partial charge on any atom is 0.310 e. The first-order chi connectivity index (χ1) is 19.7.